The summed E-state index contributed by atoms with van der Waals surface area (Å²) in [5, 5.41) is 9.70. The summed E-state index contributed by atoms with van der Waals surface area (Å²) in [4.78, 5) is 0. The number of phenolic OH excluding ortho intramolecular Hbond substituents is 1. The van der Waals surface area contributed by atoms with Crippen molar-refractivity contribution in [3.63, 3.8) is 0 Å². The van der Waals surface area contributed by atoms with Gasteiger partial charge in [0.05, 0.1) is 7.11 Å². The van der Waals surface area contributed by atoms with Crippen LogP contribution in [0.3, 0.4) is 0 Å². The molecule has 0 radical (unpaired) electrons. The van der Waals surface area contributed by atoms with Crippen LogP contribution in [0.5, 0.6) is 11.5 Å². The van der Waals surface area contributed by atoms with Crippen molar-refractivity contribution in [2.24, 2.45) is 5.73 Å². The fraction of sp³-hybridized carbons (Fsp3) is 0.273. The highest BCUT2D eigenvalue weighted by molar-refractivity contribution is 5.85. The number of phenols is 1. The van der Waals surface area contributed by atoms with Gasteiger partial charge < -0.3 is 15.6 Å². The van der Waals surface area contributed by atoms with Crippen molar-refractivity contribution in [1.29, 1.82) is 0 Å². The summed E-state index contributed by atoms with van der Waals surface area (Å²) in [5.41, 5.74) is 6.07. The predicted molar refractivity (Wildman–Crippen MR) is 63.6 cm³/mol. The first-order valence-corrected chi connectivity index (χ1v) is 4.53. The molecule has 1 rings (SSSR count). The maximum Gasteiger partial charge on any atom is 0.163 e. The van der Waals surface area contributed by atoms with E-state index in [9.17, 15) is 9.50 Å². The van der Waals surface area contributed by atoms with Crippen molar-refractivity contribution in [2.45, 2.75) is 12.5 Å². The van der Waals surface area contributed by atoms with Gasteiger partial charge in [-0.05, 0) is 12.5 Å². The van der Waals surface area contributed by atoms with Crippen LogP contribution in [0, 0.1) is 5.82 Å². The zero-order valence-corrected chi connectivity index (χ0v) is 9.76. The lowest BCUT2D eigenvalue weighted by Crippen LogP contribution is -2.10. The number of benzene rings is 1. The molecule has 1 aromatic carbocycles. The van der Waals surface area contributed by atoms with E-state index in [-0.39, 0.29) is 23.9 Å². The average Bonchev–Trinajstić information content (AvgIpc) is 2.21. The van der Waals surface area contributed by atoms with Crippen LogP contribution in [0.15, 0.2) is 24.8 Å². The average molecular weight is 248 g/mol. The second-order valence-electron chi connectivity index (χ2n) is 3.18. The lowest BCUT2D eigenvalue weighted by atomic mass is 10.0. The number of halogens is 2. The Labute approximate surface area is 100 Å². The largest absolute Gasteiger partial charge is 0.504 e. The normalized spacial score (nSPS) is 11.4. The number of hydrogen-bond acceptors (Lipinski definition) is 3. The van der Waals surface area contributed by atoms with Gasteiger partial charge in [-0.1, -0.05) is 6.08 Å². The van der Waals surface area contributed by atoms with Crippen molar-refractivity contribution >= 4 is 12.4 Å². The van der Waals surface area contributed by atoms with Gasteiger partial charge in [0.1, 0.15) is 5.82 Å². The molecule has 5 heteroatoms. The van der Waals surface area contributed by atoms with E-state index in [1.807, 2.05) is 0 Å². The molecule has 0 bridgehead atoms. The minimum Gasteiger partial charge on any atom is -0.504 e. The number of methoxy groups -OCH3 is 1. The second-order valence-corrected chi connectivity index (χ2v) is 3.18. The molecule has 0 unspecified atom stereocenters. The van der Waals surface area contributed by atoms with Crippen LogP contribution >= 0.6 is 12.4 Å². The second kappa shape index (κ2) is 6.35. The number of ether oxygens (including phenoxy) is 1. The third-order valence-corrected chi connectivity index (χ3v) is 2.11. The van der Waals surface area contributed by atoms with E-state index in [0.29, 0.717) is 12.0 Å². The lowest BCUT2D eigenvalue weighted by Gasteiger charge is -2.14. The highest BCUT2D eigenvalue weighted by Gasteiger charge is 2.15. The molecule has 3 nitrogen and oxygen atoms in total. The molecule has 1 aromatic rings. The van der Waals surface area contributed by atoms with Gasteiger partial charge in [0.2, 0.25) is 0 Å². The SMILES string of the molecule is C=CC[C@H](N)c1cc(F)cc(OC)c1O.Cl. The van der Waals surface area contributed by atoms with Crippen molar-refractivity contribution < 1.29 is 14.2 Å². The summed E-state index contributed by atoms with van der Waals surface area (Å²) in [6, 6.07) is 1.83. The summed E-state index contributed by atoms with van der Waals surface area (Å²) in [6.45, 7) is 3.53. The Morgan fingerprint density at radius 2 is 2.25 bits per heavy atom. The van der Waals surface area contributed by atoms with Crippen LogP contribution in [0.1, 0.15) is 18.0 Å². The highest BCUT2D eigenvalue weighted by atomic mass is 35.5. The molecule has 16 heavy (non-hydrogen) atoms. The molecule has 3 N–H and O–H groups in total. The molecular weight excluding hydrogens is 233 g/mol. The molecule has 0 aliphatic rings. The van der Waals surface area contributed by atoms with E-state index < -0.39 is 11.9 Å². The van der Waals surface area contributed by atoms with Gasteiger partial charge in [0, 0.05) is 17.7 Å². The van der Waals surface area contributed by atoms with E-state index in [1.165, 1.54) is 13.2 Å². The molecule has 0 spiro atoms. The first kappa shape index (κ1) is 14.7. The third-order valence-electron chi connectivity index (χ3n) is 2.11. The van der Waals surface area contributed by atoms with E-state index >= 15 is 0 Å². The summed E-state index contributed by atoms with van der Waals surface area (Å²) in [7, 11) is 1.36. The van der Waals surface area contributed by atoms with Gasteiger partial charge in [0.15, 0.2) is 11.5 Å². The zero-order valence-electron chi connectivity index (χ0n) is 8.94. The predicted octanol–water partition coefficient (Wildman–Crippen LogP) is 2.54. The number of nitrogens with two attached hydrogens (primary N) is 1. The molecular formula is C11H15ClFNO2. The fourth-order valence-electron chi connectivity index (χ4n) is 1.34. The molecule has 0 amide bonds. The monoisotopic (exact) mass is 247 g/mol. The van der Waals surface area contributed by atoms with Crippen LogP contribution in [0.25, 0.3) is 0 Å². The fourth-order valence-corrected chi connectivity index (χ4v) is 1.34. The zero-order chi connectivity index (χ0) is 11.4. The first-order chi connectivity index (χ1) is 7.10. The molecule has 0 saturated heterocycles. The number of hydrogen-bond donors (Lipinski definition) is 2. The maximum absolute atomic E-state index is 13.1. The van der Waals surface area contributed by atoms with E-state index in [0.717, 1.165) is 6.07 Å². The lowest BCUT2D eigenvalue weighted by molar-refractivity contribution is 0.365. The summed E-state index contributed by atoms with van der Waals surface area (Å²) < 4.78 is 17.9. The Balaban J connectivity index is 0.00000225. The van der Waals surface area contributed by atoms with Crippen LogP contribution in [0.2, 0.25) is 0 Å². The quantitative estimate of drug-likeness (QED) is 0.804. The summed E-state index contributed by atoms with van der Waals surface area (Å²) in [6.07, 6.45) is 2.07. The Morgan fingerprint density at radius 1 is 1.62 bits per heavy atom. The van der Waals surface area contributed by atoms with Crippen LogP contribution in [0.4, 0.5) is 4.39 Å². The van der Waals surface area contributed by atoms with E-state index in [2.05, 4.69) is 6.58 Å². The topological polar surface area (TPSA) is 55.5 Å². The van der Waals surface area contributed by atoms with Crippen molar-refractivity contribution in [3.8, 4) is 11.5 Å². The Hall–Kier alpha value is -1.26. The van der Waals surface area contributed by atoms with Gasteiger partial charge in [-0.15, -0.1) is 19.0 Å². The standard InChI is InChI=1S/C11H14FNO2.ClH/c1-3-4-9(13)8-5-7(12)6-10(15-2)11(8)14;/h3,5-6,9,14H,1,4,13H2,2H3;1H/t9-;/m0./s1. The van der Waals surface area contributed by atoms with Crippen molar-refractivity contribution in [1.82, 2.24) is 0 Å². The molecule has 0 aromatic heterocycles. The van der Waals surface area contributed by atoms with Crippen molar-refractivity contribution in [2.75, 3.05) is 7.11 Å². The van der Waals surface area contributed by atoms with Crippen LogP contribution in [-0.4, -0.2) is 12.2 Å². The van der Waals surface area contributed by atoms with Crippen LogP contribution < -0.4 is 10.5 Å². The minimum atomic E-state index is -0.487. The first-order valence-electron chi connectivity index (χ1n) is 4.53. The smallest absolute Gasteiger partial charge is 0.163 e. The van der Waals surface area contributed by atoms with E-state index in [4.69, 9.17) is 10.5 Å². The van der Waals surface area contributed by atoms with E-state index in [1.54, 1.807) is 6.08 Å². The molecule has 0 aliphatic heterocycles. The maximum atomic E-state index is 13.1. The Morgan fingerprint density at radius 3 is 2.75 bits per heavy atom. The number of aromatic hydroxyl groups is 1. The van der Waals surface area contributed by atoms with Crippen molar-refractivity contribution in [3.05, 3.63) is 36.2 Å². The van der Waals surface area contributed by atoms with Gasteiger partial charge in [0.25, 0.3) is 0 Å². The third kappa shape index (κ3) is 3.12. The van der Waals surface area contributed by atoms with Gasteiger partial charge in [-0.3, -0.25) is 0 Å². The Bertz CT molecular complexity index is 371. The molecule has 0 heterocycles. The van der Waals surface area contributed by atoms with Gasteiger partial charge >= 0.3 is 0 Å². The van der Waals surface area contributed by atoms with Gasteiger partial charge in [-0.25, -0.2) is 4.39 Å². The molecule has 0 aliphatic carbocycles. The molecule has 90 valence electrons. The van der Waals surface area contributed by atoms with Gasteiger partial charge in [-0.2, -0.15) is 0 Å². The molecule has 0 saturated carbocycles. The summed E-state index contributed by atoms with van der Waals surface area (Å²) in [5.74, 6) is -0.517. The summed E-state index contributed by atoms with van der Waals surface area (Å²) >= 11 is 0. The van der Waals surface area contributed by atoms with Crippen LogP contribution in [-0.2, 0) is 0 Å². The number of rotatable bonds is 4. The minimum absolute atomic E-state index is 0. The Kier molecular flexibility index (Phi) is 5.85. The molecule has 1 atom stereocenters. The molecule has 0 fully saturated rings. The highest BCUT2D eigenvalue weighted by Crippen LogP contribution is 2.34.